The molecule has 0 saturated carbocycles. The van der Waals surface area contributed by atoms with Gasteiger partial charge in [0.1, 0.15) is 5.69 Å². The van der Waals surface area contributed by atoms with Gasteiger partial charge in [0.25, 0.3) is 5.91 Å². The van der Waals surface area contributed by atoms with Gasteiger partial charge in [-0.2, -0.15) is 0 Å². The molecule has 26 heavy (non-hydrogen) atoms. The second-order valence-corrected chi connectivity index (χ2v) is 6.30. The molecular formula is C22H18N2O2. The third-order valence-corrected chi connectivity index (χ3v) is 4.50. The average Bonchev–Trinajstić information content (AvgIpc) is 3.18. The zero-order valence-corrected chi connectivity index (χ0v) is 14.6. The Hall–Kier alpha value is -3.40. The number of amides is 1. The summed E-state index contributed by atoms with van der Waals surface area (Å²) in [6.07, 6.45) is 1.60. The van der Waals surface area contributed by atoms with Gasteiger partial charge in [-0.05, 0) is 61.4 Å². The average molecular weight is 342 g/mol. The lowest BCUT2D eigenvalue weighted by molar-refractivity contribution is 0.102. The van der Waals surface area contributed by atoms with Gasteiger partial charge in [0, 0.05) is 11.1 Å². The molecule has 1 amide bonds. The highest BCUT2D eigenvalue weighted by molar-refractivity contribution is 6.13. The van der Waals surface area contributed by atoms with Crippen LogP contribution in [0.2, 0.25) is 0 Å². The lowest BCUT2D eigenvalue weighted by Gasteiger charge is -2.11. The van der Waals surface area contributed by atoms with Crippen LogP contribution in [0.1, 0.15) is 21.5 Å². The first kappa shape index (κ1) is 16.1. The Morgan fingerprint density at radius 2 is 1.81 bits per heavy atom. The van der Waals surface area contributed by atoms with Gasteiger partial charge in [-0.15, -0.1) is 0 Å². The Morgan fingerprint density at radius 3 is 2.58 bits per heavy atom. The number of carbonyl (C=O) groups is 1. The van der Waals surface area contributed by atoms with Crippen LogP contribution >= 0.6 is 0 Å². The molecule has 0 saturated heterocycles. The first-order chi connectivity index (χ1) is 12.6. The Balaban J connectivity index is 1.78. The van der Waals surface area contributed by atoms with E-state index in [4.69, 9.17) is 4.42 Å². The predicted molar refractivity (Wildman–Crippen MR) is 103 cm³/mol. The molecule has 0 aliphatic carbocycles. The maximum atomic E-state index is 13.0. The van der Waals surface area contributed by atoms with Crippen LogP contribution in [0.5, 0.6) is 0 Å². The van der Waals surface area contributed by atoms with Crippen molar-refractivity contribution >= 4 is 22.5 Å². The summed E-state index contributed by atoms with van der Waals surface area (Å²) >= 11 is 0. The van der Waals surface area contributed by atoms with Crippen molar-refractivity contribution < 1.29 is 9.21 Å². The number of nitrogens with zero attached hydrogens (tertiary/aromatic N) is 1. The normalized spacial score (nSPS) is 10.8. The fourth-order valence-corrected chi connectivity index (χ4v) is 2.93. The van der Waals surface area contributed by atoms with Crippen molar-refractivity contribution in [3.63, 3.8) is 0 Å². The summed E-state index contributed by atoms with van der Waals surface area (Å²) in [6, 6.07) is 18.9. The number of rotatable bonds is 3. The van der Waals surface area contributed by atoms with Gasteiger partial charge in [-0.3, -0.25) is 4.79 Å². The number of carbonyl (C=O) groups excluding carboxylic acids is 1. The van der Waals surface area contributed by atoms with Crippen molar-refractivity contribution in [1.29, 1.82) is 0 Å². The minimum absolute atomic E-state index is 0.167. The van der Waals surface area contributed by atoms with E-state index in [1.165, 1.54) is 5.56 Å². The van der Waals surface area contributed by atoms with E-state index in [0.717, 1.165) is 22.2 Å². The van der Waals surface area contributed by atoms with Gasteiger partial charge in [0.15, 0.2) is 5.76 Å². The summed E-state index contributed by atoms with van der Waals surface area (Å²) in [5.74, 6) is 0.468. The number of nitrogens with one attached hydrogen (secondary N) is 1. The van der Waals surface area contributed by atoms with E-state index in [1.807, 2.05) is 62.4 Å². The van der Waals surface area contributed by atoms with Crippen molar-refractivity contribution in [3.8, 4) is 11.5 Å². The summed E-state index contributed by atoms with van der Waals surface area (Å²) in [5.41, 5.74) is 5.07. The number of aromatic nitrogens is 1. The second-order valence-electron chi connectivity index (χ2n) is 6.30. The molecule has 0 unspecified atom stereocenters. The zero-order valence-electron chi connectivity index (χ0n) is 14.6. The van der Waals surface area contributed by atoms with Crippen molar-refractivity contribution in [2.75, 3.05) is 5.32 Å². The maximum Gasteiger partial charge on any atom is 0.256 e. The molecule has 0 aliphatic rings. The Kier molecular flexibility index (Phi) is 4.01. The van der Waals surface area contributed by atoms with Crippen LogP contribution in [0.4, 0.5) is 5.69 Å². The van der Waals surface area contributed by atoms with Gasteiger partial charge in [0.2, 0.25) is 0 Å². The monoisotopic (exact) mass is 342 g/mol. The van der Waals surface area contributed by atoms with E-state index >= 15 is 0 Å². The molecule has 0 aliphatic heterocycles. The van der Waals surface area contributed by atoms with E-state index < -0.39 is 0 Å². The van der Waals surface area contributed by atoms with Crippen LogP contribution < -0.4 is 5.32 Å². The highest BCUT2D eigenvalue weighted by Crippen LogP contribution is 2.26. The fourth-order valence-electron chi connectivity index (χ4n) is 2.93. The van der Waals surface area contributed by atoms with Gasteiger partial charge in [-0.25, -0.2) is 4.98 Å². The van der Waals surface area contributed by atoms with E-state index in [1.54, 1.807) is 18.4 Å². The number of fused-ring (bicyclic) bond motifs is 1. The van der Waals surface area contributed by atoms with Gasteiger partial charge >= 0.3 is 0 Å². The molecule has 1 N–H and O–H groups in total. The maximum absolute atomic E-state index is 13.0. The molecule has 4 nitrogen and oxygen atoms in total. The first-order valence-electron chi connectivity index (χ1n) is 8.44. The van der Waals surface area contributed by atoms with Crippen LogP contribution in [-0.4, -0.2) is 10.9 Å². The minimum Gasteiger partial charge on any atom is -0.463 e. The number of aryl methyl sites for hydroxylation is 2. The number of anilines is 1. The quantitative estimate of drug-likeness (QED) is 0.545. The summed E-state index contributed by atoms with van der Waals surface area (Å²) in [6.45, 7) is 4.08. The van der Waals surface area contributed by atoms with Crippen molar-refractivity contribution in [3.05, 3.63) is 83.6 Å². The molecular weight excluding hydrogens is 324 g/mol. The van der Waals surface area contributed by atoms with Crippen LogP contribution in [0.25, 0.3) is 22.4 Å². The molecule has 0 fully saturated rings. The van der Waals surface area contributed by atoms with Gasteiger partial charge < -0.3 is 9.73 Å². The van der Waals surface area contributed by atoms with Crippen LogP contribution in [0, 0.1) is 13.8 Å². The predicted octanol–water partition coefficient (Wildman–Crippen LogP) is 5.36. The van der Waals surface area contributed by atoms with Crippen molar-refractivity contribution in [2.45, 2.75) is 13.8 Å². The molecule has 0 spiro atoms. The summed E-state index contributed by atoms with van der Waals surface area (Å²) in [4.78, 5) is 17.6. The number of benzene rings is 2. The number of hydrogen-bond acceptors (Lipinski definition) is 3. The van der Waals surface area contributed by atoms with Crippen LogP contribution in [-0.2, 0) is 0 Å². The first-order valence-corrected chi connectivity index (χ1v) is 8.44. The molecule has 4 heteroatoms. The smallest absolute Gasteiger partial charge is 0.256 e. The van der Waals surface area contributed by atoms with Crippen LogP contribution in [0.15, 0.2) is 71.3 Å². The Labute approximate surface area is 151 Å². The molecule has 4 rings (SSSR count). The summed E-state index contributed by atoms with van der Waals surface area (Å²) in [7, 11) is 0. The minimum atomic E-state index is -0.167. The Morgan fingerprint density at radius 1 is 0.962 bits per heavy atom. The molecule has 2 heterocycles. The zero-order chi connectivity index (χ0) is 18.1. The molecule has 2 aromatic carbocycles. The van der Waals surface area contributed by atoms with E-state index in [9.17, 15) is 4.79 Å². The largest absolute Gasteiger partial charge is 0.463 e. The SMILES string of the molecule is Cc1ccc(NC(=O)c2cc(-c3ccco3)nc3ccccc23)cc1C. The highest BCUT2D eigenvalue weighted by atomic mass is 16.3. The van der Waals surface area contributed by atoms with E-state index in [-0.39, 0.29) is 5.91 Å². The third-order valence-electron chi connectivity index (χ3n) is 4.50. The fraction of sp³-hybridized carbons (Fsp3) is 0.0909. The number of pyridine rings is 1. The van der Waals surface area contributed by atoms with Gasteiger partial charge in [-0.1, -0.05) is 24.3 Å². The molecule has 0 radical (unpaired) electrons. The number of furan rings is 1. The molecule has 2 aromatic heterocycles. The van der Waals surface area contributed by atoms with Crippen LogP contribution in [0.3, 0.4) is 0 Å². The lowest BCUT2D eigenvalue weighted by atomic mass is 10.1. The summed E-state index contributed by atoms with van der Waals surface area (Å²) < 4.78 is 5.46. The number of para-hydroxylation sites is 1. The standard InChI is InChI=1S/C22H18N2O2/c1-14-9-10-16(12-15(14)2)23-22(25)18-13-20(21-8-5-11-26-21)24-19-7-4-3-6-17(18)19/h3-13H,1-2H3,(H,23,25). The second kappa shape index (κ2) is 6.48. The molecule has 128 valence electrons. The van der Waals surface area contributed by atoms with Crippen molar-refractivity contribution in [2.24, 2.45) is 0 Å². The van der Waals surface area contributed by atoms with Gasteiger partial charge in [0.05, 0.1) is 17.3 Å². The van der Waals surface area contributed by atoms with Crippen molar-refractivity contribution in [1.82, 2.24) is 4.98 Å². The van der Waals surface area contributed by atoms with E-state index in [0.29, 0.717) is 17.0 Å². The molecule has 0 atom stereocenters. The topological polar surface area (TPSA) is 55.1 Å². The third kappa shape index (κ3) is 2.97. The lowest BCUT2D eigenvalue weighted by Crippen LogP contribution is -2.13. The van der Waals surface area contributed by atoms with E-state index in [2.05, 4.69) is 10.3 Å². The summed E-state index contributed by atoms with van der Waals surface area (Å²) in [5, 5.41) is 3.80. The molecule has 0 bridgehead atoms. The highest BCUT2D eigenvalue weighted by Gasteiger charge is 2.15. The molecule has 4 aromatic rings. The Bertz CT molecular complexity index is 1100. The number of hydrogen-bond donors (Lipinski definition) is 1.